The summed E-state index contributed by atoms with van der Waals surface area (Å²) >= 11 is 0. The van der Waals surface area contributed by atoms with Crippen LogP contribution in [0.25, 0.3) is 0 Å². The second-order valence-electron chi connectivity index (χ2n) is 3.91. The van der Waals surface area contributed by atoms with Gasteiger partial charge in [-0.25, -0.2) is 4.39 Å². The predicted octanol–water partition coefficient (Wildman–Crippen LogP) is 1.72. The van der Waals surface area contributed by atoms with Crippen LogP contribution in [0.1, 0.15) is 12.8 Å². The van der Waals surface area contributed by atoms with Gasteiger partial charge in [-0.2, -0.15) is 0 Å². The molecule has 0 aliphatic heterocycles. The Hall–Kier alpha value is -1.91. The van der Waals surface area contributed by atoms with Crippen LogP contribution in [-0.4, -0.2) is 18.5 Å². The van der Waals surface area contributed by atoms with E-state index in [-0.39, 0.29) is 24.2 Å². The van der Waals surface area contributed by atoms with Crippen molar-refractivity contribution in [2.75, 3.05) is 11.9 Å². The largest absolute Gasteiger partial charge is 0.455 e. The Balaban J connectivity index is 1.80. The lowest BCUT2D eigenvalue weighted by molar-refractivity contribution is -0.148. The van der Waals surface area contributed by atoms with Crippen molar-refractivity contribution in [2.45, 2.75) is 12.8 Å². The molecule has 90 valence electrons. The van der Waals surface area contributed by atoms with Crippen LogP contribution < -0.4 is 5.32 Å². The maximum absolute atomic E-state index is 13.2. The Kier molecular flexibility index (Phi) is 3.37. The van der Waals surface area contributed by atoms with Gasteiger partial charge in [0.25, 0.3) is 5.91 Å². The summed E-state index contributed by atoms with van der Waals surface area (Å²) in [5.74, 6) is -1.46. The molecule has 1 aliphatic carbocycles. The lowest BCUT2D eigenvalue weighted by Gasteiger charge is -2.06. The van der Waals surface area contributed by atoms with Crippen molar-refractivity contribution in [3.63, 3.8) is 0 Å². The molecule has 0 spiro atoms. The number of amides is 1. The molecule has 17 heavy (non-hydrogen) atoms. The van der Waals surface area contributed by atoms with Crippen LogP contribution in [0.2, 0.25) is 0 Å². The molecule has 0 heterocycles. The Morgan fingerprint density at radius 1 is 1.35 bits per heavy atom. The van der Waals surface area contributed by atoms with Gasteiger partial charge in [-0.15, -0.1) is 0 Å². The molecule has 1 saturated carbocycles. The molecule has 1 N–H and O–H groups in total. The van der Waals surface area contributed by atoms with Crippen LogP contribution in [0.5, 0.6) is 0 Å². The molecule has 0 radical (unpaired) electrons. The molecule has 4 nitrogen and oxygen atoms in total. The average molecular weight is 237 g/mol. The van der Waals surface area contributed by atoms with Crippen LogP contribution in [-0.2, 0) is 14.3 Å². The number of anilines is 1. The fourth-order valence-corrected chi connectivity index (χ4v) is 1.32. The number of hydrogen-bond donors (Lipinski definition) is 1. The summed E-state index contributed by atoms with van der Waals surface area (Å²) in [6, 6.07) is 5.81. The first-order chi connectivity index (χ1) is 8.16. The first kappa shape index (κ1) is 11.6. The maximum atomic E-state index is 13.2. The first-order valence-corrected chi connectivity index (χ1v) is 5.38. The first-order valence-electron chi connectivity index (χ1n) is 5.38. The molecule has 1 aromatic rings. The maximum Gasteiger partial charge on any atom is 0.309 e. The minimum atomic E-state index is -0.538. The summed E-state index contributed by atoms with van der Waals surface area (Å²) in [6.45, 7) is -0.371. The van der Waals surface area contributed by atoms with Crippen LogP contribution in [0.4, 0.5) is 10.1 Å². The van der Waals surface area contributed by atoms with E-state index in [0.29, 0.717) is 0 Å². The van der Waals surface area contributed by atoms with Gasteiger partial charge in [0.15, 0.2) is 6.61 Å². The quantitative estimate of drug-likeness (QED) is 0.811. The monoisotopic (exact) mass is 237 g/mol. The summed E-state index contributed by atoms with van der Waals surface area (Å²) in [7, 11) is 0. The zero-order valence-corrected chi connectivity index (χ0v) is 9.11. The number of carbonyl (C=O) groups excluding carboxylic acids is 2. The molecule has 1 amide bonds. The fraction of sp³-hybridized carbons (Fsp3) is 0.333. The predicted molar refractivity (Wildman–Crippen MR) is 58.7 cm³/mol. The third kappa shape index (κ3) is 3.27. The minimum absolute atomic E-state index is 0.0451. The highest BCUT2D eigenvalue weighted by atomic mass is 19.1. The SMILES string of the molecule is O=C(COC(=O)C1CC1)Nc1ccccc1F. The van der Waals surface area contributed by atoms with Gasteiger partial charge < -0.3 is 10.1 Å². The average Bonchev–Trinajstić information content (AvgIpc) is 3.13. The summed E-state index contributed by atoms with van der Waals surface area (Å²) < 4.78 is 17.9. The van der Waals surface area contributed by atoms with E-state index < -0.39 is 11.7 Å². The van der Waals surface area contributed by atoms with Crippen molar-refractivity contribution >= 4 is 17.6 Å². The number of nitrogens with one attached hydrogen (secondary N) is 1. The van der Waals surface area contributed by atoms with Gasteiger partial charge in [0.2, 0.25) is 0 Å². The number of rotatable bonds is 4. The van der Waals surface area contributed by atoms with Crippen LogP contribution in [0.15, 0.2) is 24.3 Å². The van der Waals surface area contributed by atoms with Crippen molar-refractivity contribution in [1.82, 2.24) is 0 Å². The van der Waals surface area contributed by atoms with E-state index in [1.807, 2.05) is 0 Å². The Morgan fingerprint density at radius 3 is 2.71 bits per heavy atom. The van der Waals surface area contributed by atoms with Crippen molar-refractivity contribution in [3.8, 4) is 0 Å². The molecule has 1 aromatic carbocycles. The highest BCUT2D eigenvalue weighted by molar-refractivity contribution is 5.93. The molecule has 0 atom stereocenters. The van der Waals surface area contributed by atoms with E-state index >= 15 is 0 Å². The van der Waals surface area contributed by atoms with E-state index in [4.69, 9.17) is 4.74 Å². The van der Waals surface area contributed by atoms with Crippen LogP contribution >= 0.6 is 0 Å². The van der Waals surface area contributed by atoms with Gasteiger partial charge in [-0.1, -0.05) is 12.1 Å². The van der Waals surface area contributed by atoms with E-state index in [9.17, 15) is 14.0 Å². The van der Waals surface area contributed by atoms with Crippen LogP contribution in [0, 0.1) is 11.7 Å². The smallest absolute Gasteiger partial charge is 0.309 e. The number of halogens is 1. The molecule has 0 unspecified atom stereocenters. The van der Waals surface area contributed by atoms with Crippen molar-refractivity contribution in [1.29, 1.82) is 0 Å². The lowest BCUT2D eigenvalue weighted by Crippen LogP contribution is -2.21. The number of para-hydroxylation sites is 1. The Labute approximate surface area is 97.8 Å². The molecule has 0 aromatic heterocycles. The standard InChI is InChI=1S/C12H12FNO3/c13-9-3-1-2-4-10(9)14-11(15)7-17-12(16)8-5-6-8/h1-4,8H,5-7H2,(H,14,15). The third-order valence-electron chi connectivity index (χ3n) is 2.40. The molecule has 2 rings (SSSR count). The molecular weight excluding hydrogens is 225 g/mol. The molecule has 0 saturated heterocycles. The highest BCUT2D eigenvalue weighted by Gasteiger charge is 2.31. The topological polar surface area (TPSA) is 55.4 Å². The van der Waals surface area contributed by atoms with E-state index in [2.05, 4.69) is 5.32 Å². The number of esters is 1. The normalized spacial score (nSPS) is 14.2. The van der Waals surface area contributed by atoms with E-state index in [1.54, 1.807) is 6.07 Å². The van der Waals surface area contributed by atoms with Gasteiger partial charge in [0.05, 0.1) is 11.6 Å². The summed E-state index contributed by atoms with van der Waals surface area (Å²) in [4.78, 5) is 22.5. The van der Waals surface area contributed by atoms with E-state index in [1.165, 1.54) is 18.2 Å². The number of hydrogen-bond acceptors (Lipinski definition) is 3. The van der Waals surface area contributed by atoms with Gasteiger partial charge in [-0.3, -0.25) is 9.59 Å². The molecule has 1 fully saturated rings. The van der Waals surface area contributed by atoms with Gasteiger partial charge in [0, 0.05) is 0 Å². The molecule has 5 heteroatoms. The number of carbonyl (C=O) groups is 2. The zero-order chi connectivity index (χ0) is 12.3. The number of benzene rings is 1. The minimum Gasteiger partial charge on any atom is -0.455 e. The summed E-state index contributed by atoms with van der Waals surface area (Å²) in [6.07, 6.45) is 1.65. The van der Waals surface area contributed by atoms with Gasteiger partial charge in [-0.05, 0) is 25.0 Å². The Bertz CT molecular complexity index is 443. The lowest BCUT2D eigenvalue weighted by atomic mass is 10.3. The van der Waals surface area contributed by atoms with E-state index in [0.717, 1.165) is 12.8 Å². The molecule has 1 aliphatic rings. The van der Waals surface area contributed by atoms with Crippen LogP contribution in [0.3, 0.4) is 0 Å². The Morgan fingerprint density at radius 2 is 2.06 bits per heavy atom. The third-order valence-corrected chi connectivity index (χ3v) is 2.40. The fourth-order valence-electron chi connectivity index (χ4n) is 1.32. The summed E-state index contributed by atoms with van der Waals surface area (Å²) in [5, 5.41) is 2.33. The van der Waals surface area contributed by atoms with Gasteiger partial charge >= 0.3 is 5.97 Å². The molecule has 0 bridgehead atoms. The zero-order valence-electron chi connectivity index (χ0n) is 9.11. The van der Waals surface area contributed by atoms with Crippen molar-refractivity contribution in [2.24, 2.45) is 5.92 Å². The van der Waals surface area contributed by atoms with Gasteiger partial charge in [0.1, 0.15) is 5.82 Å². The van der Waals surface area contributed by atoms with Crippen molar-refractivity contribution in [3.05, 3.63) is 30.1 Å². The summed E-state index contributed by atoms with van der Waals surface area (Å²) in [5.41, 5.74) is 0.0833. The highest BCUT2D eigenvalue weighted by Crippen LogP contribution is 2.29. The second-order valence-corrected chi connectivity index (χ2v) is 3.91. The second kappa shape index (κ2) is 4.95. The molecular formula is C12H12FNO3. The van der Waals surface area contributed by atoms with Crippen molar-refractivity contribution < 1.29 is 18.7 Å². The number of ether oxygens (including phenoxy) is 1.